The van der Waals surface area contributed by atoms with E-state index in [1.165, 1.54) is 0 Å². The zero-order valence-electron chi connectivity index (χ0n) is 11.6. The molecule has 0 unspecified atom stereocenters. The Balaban J connectivity index is 4.37. The van der Waals surface area contributed by atoms with Crippen LogP contribution >= 0.6 is 0 Å². The molecule has 0 aliphatic rings. The lowest BCUT2D eigenvalue weighted by molar-refractivity contribution is -0.136. The van der Waals surface area contributed by atoms with E-state index in [1.807, 2.05) is 32.8 Å². The Hall–Kier alpha value is -1.10. The number of nitrogens with zero attached hydrogens (tertiary/aromatic N) is 2. The minimum atomic E-state index is -0.124. The zero-order valence-corrected chi connectivity index (χ0v) is 11.6. The summed E-state index contributed by atoms with van der Waals surface area (Å²) in [5.74, 6) is 0.236. The smallest absolute Gasteiger partial charge is 0.239 e. The van der Waals surface area contributed by atoms with Gasteiger partial charge >= 0.3 is 0 Å². The lowest BCUT2D eigenvalue weighted by Gasteiger charge is -2.24. The van der Waals surface area contributed by atoms with E-state index in [1.54, 1.807) is 11.9 Å². The number of rotatable bonds is 7. The number of amides is 2. The highest BCUT2D eigenvalue weighted by atomic mass is 16.2. The molecule has 0 spiro atoms. The molecule has 5 nitrogen and oxygen atoms in total. The van der Waals surface area contributed by atoms with Crippen LogP contribution in [-0.2, 0) is 9.59 Å². The van der Waals surface area contributed by atoms with Crippen molar-refractivity contribution in [2.45, 2.75) is 20.3 Å². The highest BCUT2D eigenvalue weighted by Gasteiger charge is 2.17. The Bertz CT molecular complexity index is 252. The van der Waals surface area contributed by atoms with E-state index in [-0.39, 0.29) is 18.4 Å². The maximum absolute atomic E-state index is 11.9. The first-order valence-corrected chi connectivity index (χ1v) is 6.00. The summed E-state index contributed by atoms with van der Waals surface area (Å²) >= 11 is 0. The van der Waals surface area contributed by atoms with Gasteiger partial charge in [0.25, 0.3) is 0 Å². The molecule has 2 amide bonds. The van der Waals surface area contributed by atoms with Gasteiger partial charge in [0.2, 0.25) is 11.8 Å². The maximum atomic E-state index is 11.9. The molecule has 5 heteroatoms. The summed E-state index contributed by atoms with van der Waals surface area (Å²) < 4.78 is 0. The lowest BCUT2D eigenvalue weighted by Crippen LogP contribution is -2.43. The van der Waals surface area contributed by atoms with Gasteiger partial charge in [0.05, 0.1) is 6.54 Å². The summed E-state index contributed by atoms with van der Waals surface area (Å²) in [4.78, 5) is 26.9. The van der Waals surface area contributed by atoms with Crippen molar-refractivity contribution in [1.29, 1.82) is 0 Å². The van der Waals surface area contributed by atoms with Crippen LogP contribution in [0, 0.1) is 5.92 Å². The minimum Gasteiger partial charge on any atom is -0.358 e. The summed E-state index contributed by atoms with van der Waals surface area (Å²) in [6.45, 7) is 5.51. The van der Waals surface area contributed by atoms with Crippen molar-refractivity contribution in [3.63, 3.8) is 0 Å². The van der Waals surface area contributed by atoms with Gasteiger partial charge in [-0.25, -0.2) is 0 Å². The molecule has 0 aliphatic carbocycles. The molecule has 0 aromatic rings. The van der Waals surface area contributed by atoms with Gasteiger partial charge in [-0.3, -0.25) is 9.59 Å². The van der Waals surface area contributed by atoms with Crippen LogP contribution in [0.25, 0.3) is 0 Å². The van der Waals surface area contributed by atoms with E-state index >= 15 is 0 Å². The van der Waals surface area contributed by atoms with Crippen molar-refractivity contribution in [2.24, 2.45) is 5.92 Å². The third kappa shape index (κ3) is 7.74. The van der Waals surface area contributed by atoms with Crippen LogP contribution in [0.5, 0.6) is 0 Å². The summed E-state index contributed by atoms with van der Waals surface area (Å²) in [6, 6.07) is 0. The maximum Gasteiger partial charge on any atom is 0.239 e. The van der Waals surface area contributed by atoms with Crippen LogP contribution < -0.4 is 5.32 Å². The Morgan fingerprint density at radius 3 is 2.18 bits per heavy atom. The second kappa shape index (κ2) is 8.06. The molecule has 0 fully saturated rings. The van der Waals surface area contributed by atoms with Crippen LogP contribution in [0.2, 0.25) is 0 Å². The minimum absolute atomic E-state index is 0.0467. The van der Waals surface area contributed by atoms with Crippen molar-refractivity contribution >= 4 is 11.8 Å². The quantitative estimate of drug-likeness (QED) is 0.693. The molecule has 0 saturated heterocycles. The van der Waals surface area contributed by atoms with Gasteiger partial charge in [-0.05, 0) is 20.0 Å². The number of nitrogens with one attached hydrogen (secondary N) is 1. The van der Waals surface area contributed by atoms with E-state index in [0.29, 0.717) is 18.9 Å². The van der Waals surface area contributed by atoms with E-state index in [9.17, 15) is 9.59 Å². The van der Waals surface area contributed by atoms with Crippen LogP contribution in [0.3, 0.4) is 0 Å². The molecule has 1 N–H and O–H groups in total. The average molecular weight is 243 g/mol. The van der Waals surface area contributed by atoms with E-state index in [0.717, 1.165) is 6.54 Å². The fraction of sp³-hybridized carbons (Fsp3) is 0.833. The third-order valence-electron chi connectivity index (χ3n) is 2.37. The second-order valence-corrected chi connectivity index (χ2v) is 4.89. The Kier molecular flexibility index (Phi) is 7.54. The van der Waals surface area contributed by atoms with Crippen molar-refractivity contribution in [2.75, 3.05) is 40.8 Å². The Morgan fingerprint density at radius 2 is 1.76 bits per heavy atom. The molecular formula is C12H25N3O2. The molecule has 0 bridgehead atoms. The fourth-order valence-electron chi connectivity index (χ4n) is 1.34. The van der Waals surface area contributed by atoms with Crippen molar-refractivity contribution in [1.82, 2.24) is 15.1 Å². The first-order chi connectivity index (χ1) is 7.86. The molecule has 0 radical (unpaired) electrons. The number of carbonyl (C=O) groups is 2. The third-order valence-corrected chi connectivity index (χ3v) is 2.37. The molecule has 0 aromatic heterocycles. The standard InChI is InChI=1S/C12H25N3O2/c1-10(2)8-12(17)15(7-6-14(4)5)9-11(16)13-3/h10H,6-9H2,1-5H3,(H,13,16). The van der Waals surface area contributed by atoms with Gasteiger partial charge in [-0.15, -0.1) is 0 Å². The monoisotopic (exact) mass is 243 g/mol. The molecule has 0 rings (SSSR count). The van der Waals surface area contributed by atoms with Crippen LogP contribution in [0.15, 0.2) is 0 Å². The van der Waals surface area contributed by atoms with Crippen LogP contribution in [0.4, 0.5) is 0 Å². The SMILES string of the molecule is CNC(=O)CN(CCN(C)C)C(=O)CC(C)C. The molecular weight excluding hydrogens is 218 g/mol. The normalized spacial score (nSPS) is 10.8. The zero-order chi connectivity index (χ0) is 13.4. The lowest BCUT2D eigenvalue weighted by atomic mass is 10.1. The molecule has 0 aliphatic heterocycles. The van der Waals surface area contributed by atoms with Gasteiger partial charge in [0, 0.05) is 26.6 Å². The summed E-state index contributed by atoms with van der Waals surface area (Å²) in [5.41, 5.74) is 0. The summed E-state index contributed by atoms with van der Waals surface area (Å²) in [7, 11) is 5.48. The molecule has 0 atom stereocenters. The van der Waals surface area contributed by atoms with Gasteiger partial charge in [-0.1, -0.05) is 13.8 Å². The molecule has 0 saturated carbocycles. The molecule has 0 aromatic carbocycles. The Labute approximate surface area is 104 Å². The predicted molar refractivity (Wildman–Crippen MR) is 68.7 cm³/mol. The largest absolute Gasteiger partial charge is 0.358 e. The first kappa shape index (κ1) is 15.9. The summed E-state index contributed by atoms with van der Waals surface area (Å²) in [5, 5.41) is 2.54. The van der Waals surface area contributed by atoms with Gasteiger partial charge in [0.1, 0.15) is 0 Å². The highest BCUT2D eigenvalue weighted by molar-refractivity contribution is 5.84. The Morgan fingerprint density at radius 1 is 1.18 bits per heavy atom. The number of hydrogen-bond donors (Lipinski definition) is 1. The van der Waals surface area contributed by atoms with Gasteiger partial charge in [0.15, 0.2) is 0 Å². The fourth-order valence-corrected chi connectivity index (χ4v) is 1.34. The number of carbonyl (C=O) groups excluding carboxylic acids is 2. The number of hydrogen-bond acceptors (Lipinski definition) is 3. The topological polar surface area (TPSA) is 52.7 Å². The predicted octanol–water partition coefficient (Wildman–Crippen LogP) is 0.169. The van der Waals surface area contributed by atoms with Crippen LogP contribution in [0.1, 0.15) is 20.3 Å². The second-order valence-electron chi connectivity index (χ2n) is 4.89. The van der Waals surface area contributed by atoms with E-state index in [4.69, 9.17) is 0 Å². The van der Waals surface area contributed by atoms with Crippen LogP contribution in [-0.4, -0.2) is 62.4 Å². The van der Waals surface area contributed by atoms with Crippen molar-refractivity contribution in [3.8, 4) is 0 Å². The molecule has 100 valence electrons. The van der Waals surface area contributed by atoms with Gasteiger partial charge < -0.3 is 15.1 Å². The average Bonchev–Trinajstić information content (AvgIpc) is 2.22. The van der Waals surface area contributed by atoms with Crippen molar-refractivity contribution in [3.05, 3.63) is 0 Å². The first-order valence-electron chi connectivity index (χ1n) is 6.00. The molecule has 17 heavy (non-hydrogen) atoms. The van der Waals surface area contributed by atoms with Gasteiger partial charge in [-0.2, -0.15) is 0 Å². The van der Waals surface area contributed by atoms with E-state index < -0.39 is 0 Å². The summed E-state index contributed by atoms with van der Waals surface area (Å²) in [6.07, 6.45) is 0.490. The van der Waals surface area contributed by atoms with Crippen molar-refractivity contribution < 1.29 is 9.59 Å². The molecule has 0 heterocycles. The highest BCUT2D eigenvalue weighted by Crippen LogP contribution is 2.04. The number of likely N-dealkylation sites (N-methyl/N-ethyl adjacent to an activating group) is 2. The van der Waals surface area contributed by atoms with E-state index in [2.05, 4.69) is 5.32 Å².